The van der Waals surface area contributed by atoms with Gasteiger partial charge in [-0.2, -0.15) is 5.06 Å². The average Bonchev–Trinajstić information content (AvgIpc) is 2.76. The van der Waals surface area contributed by atoms with Gasteiger partial charge in [-0.05, 0) is 38.8 Å². The van der Waals surface area contributed by atoms with Crippen LogP contribution in [0.2, 0.25) is 0 Å². The molecule has 0 aliphatic heterocycles. The Morgan fingerprint density at radius 3 is 2.11 bits per heavy atom. The second-order valence-corrected chi connectivity index (χ2v) is 4.74. The van der Waals surface area contributed by atoms with Gasteiger partial charge in [0.25, 0.3) is 0 Å². The molecule has 0 aromatic carbocycles. The minimum Gasteiger partial charge on any atom is -0.467 e. The molecule has 1 aliphatic rings. The van der Waals surface area contributed by atoms with Crippen LogP contribution >= 0.6 is 0 Å². The van der Waals surface area contributed by atoms with Gasteiger partial charge >= 0.3 is 6.09 Å². The largest absolute Gasteiger partial charge is 0.467 e. The Labute approximate surface area is 114 Å². The highest BCUT2D eigenvalue weighted by Crippen LogP contribution is 2.22. The second-order valence-electron chi connectivity index (χ2n) is 4.74. The molecular formula is C14H23NO4. The normalized spacial score (nSPS) is 15.5. The maximum Gasteiger partial charge on any atom is 0.431 e. The molecule has 0 atom stereocenters. The van der Waals surface area contributed by atoms with Gasteiger partial charge in [0.15, 0.2) is 0 Å². The Kier molecular flexibility index (Phi) is 6.42. The van der Waals surface area contributed by atoms with Crippen LogP contribution in [-0.2, 0) is 4.84 Å². The topological polar surface area (TPSA) is 62.9 Å². The molecule has 5 heteroatoms. The summed E-state index contributed by atoms with van der Waals surface area (Å²) in [6.45, 7) is 3.88. The van der Waals surface area contributed by atoms with Gasteiger partial charge in [-0.25, -0.2) is 4.79 Å². The first-order chi connectivity index (χ1) is 9.04. The second kappa shape index (κ2) is 7.84. The van der Waals surface area contributed by atoms with E-state index in [0.717, 1.165) is 42.3 Å². The molecule has 5 nitrogen and oxygen atoms in total. The van der Waals surface area contributed by atoms with E-state index >= 15 is 0 Å². The van der Waals surface area contributed by atoms with Crippen molar-refractivity contribution in [3.8, 4) is 0 Å². The standard InChI is InChI=1S/C8H15NO3.C6H8O/c1-12-9(8(10)11)7-5-3-2-4-6-7;1-5-3-4-6(2)7-5/h7H,2-6H2,1H3,(H,10,11);3-4H,1-2H3. The van der Waals surface area contributed by atoms with Gasteiger partial charge in [0.05, 0.1) is 13.2 Å². The van der Waals surface area contributed by atoms with Crippen molar-refractivity contribution in [3.05, 3.63) is 23.7 Å². The van der Waals surface area contributed by atoms with Gasteiger partial charge in [-0.1, -0.05) is 19.3 Å². The number of carbonyl (C=O) groups is 1. The average molecular weight is 269 g/mol. The molecule has 0 spiro atoms. The molecular weight excluding hydrogens is 246 g/mol. The third-order valence-corrected chi connectivity index (χ3v) is 3.17. The first kappa shape index (κ1) is 15.6. The van der Waals surface area contributed by atoms with Crippen LogP contribution in [0.3, 0.4) is 0 Å². The Hall–Kier alpha value is -1.49. The van der Waals surface area contributed by atoms with Crippen molar-refractivity contribution in [1.82, 2.24) is 5.06 Å². The maximum atomic E-state index is 10.6. The summed E-state index contributed by atoms with van der Waals surface area (Å²) in [4.78, 5) is 15.4. The third kappa shape index (κ3) is 5.34. The predicted molar refractivity (Wildman–Crippen MR) is 71.9 cm³/mol. The predicted octanol–water partition coefficient (Wildman–Crippen LogP) is 3.76. The lowest BCUT2D eigenvalue weighted by Gasteiger charge is -2.29. The van der Waals surface area contributed by atoms with Crippen LogP contribution in [0.15, 0.2) is 16.5 Å². The highest BCUT2D eigenvalue weighted by Gasteiger charge is 2.24. The quantitative estimate of drug-likeness (QED) is 0.830. The summed E-state index contributed by atoms with van der Waals surface area (Å²) in [7, 11) is 1.41. The van der Waals surface area contributed by atoms with Gasteiger partial charge in [-0.3, -0.25) is 4.84 Å². The van der Waals surface area contributed by atoms with E-state index in [1.165, 1.54) is 13.5 Å². The molecule has 1 saturated carbocycles. The lowest BCUT2D eigenvalue weighted by molar-refractivity contribution is -0.137. The molecule has 1 fully saturated rings. The zero-order chi connectivity index (χ0) is 14.3. The molecule has 1 aromatic rings. The number of hydrogen-bond acceptors (Lipinski definition) is 3. The summed E-state index contributed by atoms with van der Waals surface area (Å²) in [5.41, 5.74) is 0. The van der Waals surface area contributed by atoms with E-state index in [4.69, 9.17) is 14.4 Å². The Morgan fingerprint density at radius 2 is 1.79 bits per heavy atom. The number of nitrogens with zero attached hydrogens (tertiary/aromatic N) is 1. The van der Waals surface area contributed by atoms with Gasteiger partial charge in [0.1, 0.15) is 11.5 Å². The molecule has 1 amide bonds. The minimum absolute atomic E-state index is 0.0706. The van der Waals surface area contributed by atoms with Crippen LogP contribution in [-0.4, -0.2) is 29.4 Å². The fourth-order valence-electron chi connectivity index (χ4n) is 2.26. The lowest BCUT2D eigenvalue weighted by atomic mass is 9.95. The fourth-order valence-corrected chi connectivity index (χ4v) is 2.26. The SMILES string of the molecule is CON(C(=O)O)C1CCCCC1.Cc1ccc(C)o1. The van der Waals surface area contributed by atoms with E-state index in [9.17, 15) is 4.79 Å². The summed E-state index contributed by atoms with van der Waals surface area (Å²) in [5.74, 6) is 1.97. The fraction of sp³-hybridized carbons (Fsp3) is 0.643. The van der Waals surface area contributed by atoms with E-state index < -0.39 is 6.09 Å². The molecule has 108 valence electrons. The Balaban J connectivity index is 0.000000218. The number of hydrogen-bond donors (Lipinski definition) is 1. The van der Waals surface area contributed by atoms with Gasteiger partial charge in [-0.15, -0.1) is 0 Å². The van der Waals surface area contributed by atoms with Crippen molar-refractivity contribution >= 4 is 6.09 Å². The smallest absolute Gasteiger partial charge is 0.431 e. The van der Waals surface area contributed by atoms with Gasteiger partial charge < -0.3 is 9.52 Å². The van der Waals surface area contributed by atoms with E-state index in [0.29, 0.717) is 0 Å². The third-order valence-electron chi connectivity index (χ3n) is 3.17. The highest BCUT2D eigenvalue weighted by atomic mass is 16.7. The number of hydroxylamine groups is 2. The summed E-state index contributed by atoms with van der Waals surface area (Å²) in [6, 6.07) is 3.98. The summed E-state index contributed by atoms with van der Waals surface area (Å²) < 4.78 is 5.08. The monoisotopic (exact) mass is 269 g/mol. The molecule has 1 N–H and O–H groups in total. The zero-order valence-electron chi connectivity index (χ0n) is 11.9. The van der Waals surface area contributed by atoms with Crippen molar-refractivity contribution < 1.29 is 19.2 Å². The van der Waals surface area contributed by atoms with Crippen molar-refractivity contribution in [2.24, 2.45) is 0 Å². The van der Waals surface area contributed by atoms with Crippen LogP contribution in [0.25, 0.3) is 0 Å². The lowest BCUT2D eigenvalue weighted by Crippen LogP contribution is -2.39. The first-order valence-electron chi connectivity index (χ1n) is 6.64. The molecule has 0 saturated heterocycles. The Morgan fingerprint density at radius 1 is 1.26 bits per heavy atom. The number of amides is 1. The molecule has 19 heavy (non-hydrogen) atoms. The number of carboxylic acid groups (broad SMARTS) is 1. The van der Waals surface area contributed by atoms with Crippen LogP contribution in [0.1, 0.15) is 43.6 Å². The molecule has 0 bridgehead atoms. The Bertz CT molecular complexity index is 366. The zero-order valence-corrected chi connectivity index (χ0v) is 11.9. The van der Waals surface area contributed by atoms with E-state index in [1.54, 1.807) is 0 Å². The van der Waals surface area contributed by atoms with Gasteiger partial charge in [0.2, 0.25) is 0 Å². The molecule has 0 radical (unpaired) electrons. The molecule has 0 unspecified atom stereocenters. The van der Waals surface area contributed by atoms with E-state index in [-0.39, 0.29) is 6.04 Å². The first-order valence-corrected chi connectivity index (χ1v) is 6.64. The molecule has 1 heterocycles. The van der Waals surface area contributed by atoms with Crippen LogP contribution in [0, 0.1) is 13.8 Å². The van der Waals surface area contributed by atoms with E-state index in [2.05, 4.69) is 0 Å². The van der Waals surface area contributed by atoms with Crippen LogP contribution in [0.5, 0.6) is 0 Å². The number of aryl methyl sites for hydroxylation is 2. The maximum absolute atomic E-state index is 10.6. The van der Waals surface area contributed by atoms with Crippen LogP contribution in [0.4, 0.5) is 4.79 Å². The molecule has 1 aliphatic carbocycles. The summed E-state index contributed by atoms with van der Waals surface area (Å²) >= 11 is 0. The van der Waals surface area contributed by atoms with Crippen molar-refractivity contribution in [1.29, 1.82) is 0 Å². The van der Waals surface area contributed by atoms with Crippen molar-refractivity contribution in [2.75, 3.05) is 7.11 Å². The van der Waals surface area contributed by atoms with Crippen LogP contribution < -0.4 is 0 Å². The van der Waals surface area contributed by atoms with E-state index in [1.807, 2.05) is 26.0 Å². The summed E-state index contributed by atoms with van der Waals surface area (Å²) in [5, 5.41) is 9.80. The number of rotatable bonds is 2. The molecule has 2 rings (SSSR count). The highest BCUT2D eigenvalue weighted by molar-refractivity contribution is 5.63. The molecule has 1 aromatic heterocycles. The minimum atomic E-state index is -0.982. The van der Waals surface area contributed by atoms with Crippen molar-refractivity contribution in [3.63, 3.8) is 0 Å². The summed E-state index contributed by atoms with van der Waals surface area (Å²) in [6.07, 6.45) is 4.31. The number of furan rings is 1. The van der Waals surface area contributed by atoms with Gasteiger partial charge in [0, 0.05) is 0 Å². The van der Waals surface area contributed by atoms with Crippen molar-refractivity contribution in [2.45, 2.75) is 52.0 Å².